The zero-order chi connectivity index (χ0) is 17.9. The summed E-state index contributed by atoms with van der Waals surface area (Å²) < 4.78 is 20.3. The molecule has 4 heteroatoms. The third-order valence-corrected chi connectivity index (χ3v) is 4.30. The van der Waals surface area contributed by atoms with Gasteiger partial charge >= 0.3 is 0 Å². The van der Waals surface area contributed by atoms with E-state index in [1.807, 2.05) is 53.2 Å². The molecule has 0 saturated heterocycles. The zero-order valence-corrected chi connectivity index (χ0v) is 14.3. The van der Waals surface area contributed by atoms with Gasteiger partial charge in [0.2, 0.25) is 0 Å². The Labute approximate surface area is 151 Å². The number of hydrogen-bond acceptors (Lipinski definition) is 2. The molecule has 1 heterocycles. The van der Waals surface area contributed by atoms with Crippen molar-refractivity contribution in [3.8, 4) is 33.8 Å². The van der Waals surface area contributed by atoms with Crippen molar-refractivity contribution in [2.24, 2.45) is 0 Å². The molecule has 0 spiro atoms. The van der Waals surface area contributed by atoms with Crippen LogP contribution in [-0.2, 0) is 0 Å². The first kappa shape index (κ1) is 16.1. The van der Waals surface area contributed by atoms with Gasteiger partial charge in [-0.3, -0.25) is 0 Å². The van der Waals surface area contributed by atoms with Gasteiger partial charge in [0.1, 0.15) is 11.6 Å². The normalized spacial score (nSPS) is 10.7. The summed E-state index contributed by atoms with van der Waals surface area (Å²) in [7, 11) is 1.65. The van der Waals surface area contributed by atoms with Crippen molar-refractivity contribution >= 4 is 0 Å². The van der Waals surface area contributed by atoms with E-state index in [9.17, 15) is 4.39 Å². The van der Waals surface area contributed by atoms with Gasteiger partial charge in [0, 0.05) is 5.56 Å². The smallest absolute Gasteiger partial charge is 0.123 e. The number of halogens is 1. The highest BCUT2D eigenvalue weighted by Crippen LogP contribution is 2.28. The lowest BCUT2D eigenvalue weighted by molar-refractivity contribution is 0.414. The maximum Gasteiger partial charge on any atom is 0.123 e. The molecule has 0 saturated carbocycles. The van der Waals surface area contributed by atoms with Crippen LogP contribution in [0.1, 0.15) is 0 Å². The highest BCUT2D eigenvalue weighted by Gasteiger charge is 2.09. The maximum absolute atomic E-state index is 13.2. The molecule has 4 aromatic rings. The predicted octanol–water partition coefficient (Wildman–Crippen LogP) is 5.35. The van der Waals surface area contributed by atoms with Crippen molar-refractivity contribution in [3.05, 3.63) is 90.9 Å². The molecule has 0 N–H and O–H groups in total. The lowest BCUT2D eigenvalue weighted by Gasteiger charge is -2.10. The Morgan fingerprint density at radius 3 is 2.27 bits per heavy atom. The number of hydrogen-bond donors (Lipinski definition) is 0. The van der Waals surface area contributed by atoms with Gasteiger partial charge < -0.3 is 4.74 Å². The number of ether oxygens (including phenoxy) is 1. The van der Waals surface area contributed by atoms with Gasteiger partial charge in [-0.2, -0.15) is 5.10 Å². The van der Waals surface area contributed by atoms with Crippen molar-refractivity contribution in [2.45, 2.75) is 0 Å². The van der Waals surface area contributed by atoms with E-state index >= 15 is 0 Å². The Hall–Kier alpha value is -3.40. The number of methoxy groups -OCH3 is 1. The van der Waals surface area contributed by atoms with Crippen LogP contribution >= 0.6 is 0 Å². The first-order valence-electron chi connectivity index (χ1n) is 8.29. The minimum absolute atomic E-state index is 0.234. The van der Waals surface area contributed by atoms with Crippen LogP contribution in [-0.4, -0.2) is 16.9 Å². The molecule has 4 rings (SSSR count). The first-order valence-corrected chi connectivity index (χ1v) is 8.29. The van der Waals surface area contributed by atoms with E-state index in [0.717, 1.165) is 33.8 Å². The van der Waals surface area contributed by atoms with Gasteiger partial charge in [-0.15, -0.1) is 0 Å². The zero-order valence-electron chi connectivity index (χ0n) is 14.3. The summed E-state index contributed by atoms with van der Waals surface area (Å²) in [4.78, 5) is 0. The highest BCUT2D eigenvalue weighted by molar-refractivity contribution is 5.72. The molecule has 3 aromatic carbocycles. The van der Waals surface area contributed by atoms with Crippen molar-refractivity contribution in [2.75, 3.05) is 7.11 Å². The molecule has 26 heavy (non-hydrogen) atoms. The second-order valence-electron chi connectivity index (χ2n) is 5.91. The molecule has 0 atom stereocenters. The Balaban J connectivity index is 1.74. The van der Waals surface area contributed by atoms with Crippen molar-refractivity contribution in [1.82, 2.24) is 9.78 Å². The average Bonchev–Trinajstić information content (AvgIpc) is 3.19. The van der Waals surface area contributed by atoms with Crippen molar-refractivity contribution in [1.29, 1.82) is 0 Å². The van der Waals surface area contributed by atoms with Crippen LogP contribution < -0.4 is 4.74 Å². The minimum Gasteiger partial charge on any atom is -0.497 e. The van der Waals surface area contributed by atoms with Crippen molar-refractivity contribution < 1.29 is 9.13 Å². The SMILES string of the molecule is COc1ccc(-n2nccc2-c2cccc(-c3ccc(F)cc3)c2)cc1. The van der Waals surface area contributed by atoms with E-state index < -0.39 is 0 Å². The molecule has 0 unspecified atom stereocenters. The quantitative estimate of drug-likeness (QED) is 0.499. The molecule has 128 valence electrons. The standard InChI is InChI=1S/C22H17FN2O/c1-26-21-11-9-20(10-12-21)25-22(13-14-24-25)18-4-2-3-17(15-18)16-5-7-19(23)8-6-16/h2-15H,1H3. The third kappa shape index (κ3) is 3.09. The molecule has 0 aliphatic carbocycles. The third-order valence-electron chi connectivity index (χ3n) is 4.30. The lowest BCUT2D eigenvalue weighted by Crippen LogP contribution is -1.99. The van der Waals surface area contributed by atoms with Crippen LogP contribution in [0.3, 0.4) is 0 Å². The lowest BCUT2D eigenvalue weighted by atomic mass is 10.0. The summed E-state index contributed by atoms with van der Waals surface area (Å²) in [5, 5.41) is 4.46. The number of rotatable bonds is 4. The summed E-state index contributed by atoms with van der Waals surface area (Å²) in [6.07, 6.45) is 1.78. The summed E-state index contributed by atoms with van der Waals surface area (Å²) in [6, 6.07) is 24.4. The minimum atomic E-state index is -0.234. The van der Waals surface area contributed by atoms with Crippen LogP contribution in [0, 0.1) is 5.82 Å². The fraction of sp³-hybridized carbons (Fsp3) is 0.0455. The Morgan fingerprint density at radius 1 is 0.808 bits per heavy atom. The van der Waals surface area contributed by atoms with Crippen LogP contribution in [0.4, 0.5) is 4.39 Å². The molecule has 0 amide bonds. The summed E-state index contributed by atoms with van der Waals surface area (Å²) >= 11 is 0. The van der Waals surface area contributed by atoms with E-state index in [0.29, 0.717) is 0 Å². The van der Waals surface area contributed by atoms with Crippen molar-refractivity contribution in [3.63, 3.8) is 0 Å². The fourth-order valence-electron chi connectivity index (χ4n) is 2.95. The molecular formula is C22H17FN2O. The monoisotopic (exact) mass is 344 g/mol. The van der Waals surface area contributed by atoms with Crippen LogP contribution in [0.2, 0.25) is 0 Å². The maximum atomic E-state index is 13.2. The van der Waals surface area contributed by atoms with Gasteiger partial charge in [0.05, 0.1) is 24.7 Å². The first-order chi connectivity index (χ1) is 12.7. The molecule has 0 radical (unpaired) electrons. The Morgan fingerprint density at radius 2 is 1.54 bits per heavy atom. The average molecular weight is 344 g/mol. The van der Waals surface area contributed by atoms with E-state index in [4.69, 9.17) is 4.74 Å². The fourth-order valence-corrected chi connectivity index (χ4v) is 2.95. The number of nitrogens with zero attached hydrogens (tertiary/aromatic N) is 2. The van der Waals surface area contributed by atoms with E-state index in [-0.39, 0.29) is 5.82 Å². The summed E-state index contributed by atoms with van der Waals surface area (Å²) in [5.74, 6) is 0.572. The molecule has 0 aliphatic rings. The largest absolute Gasteiger partial charge is 0.497 e. The molecule has 0 aliphatic heterocycles. The van der Waals surface area contributed by atoms with Crippen LogP contribution in [0.5, 0.6) is 5.75 Å². The van der Waals surface area contributed by atoms with E-state index in [2.05, 4.69) is 11.2 Å². The van der Waals surface area contributed by atoms with E-state index in [1.165, 1.54) is 12.1 Å². The number of aromatic nitrogens is 2. The second kappa shape index (κ2) is 6.84. The Kier molecular flexibility index (Phi) is 4.23. The van der Waals surface area contributed by atoms with Gasteiger partial charge in [-0.25, -0.2) is 9.07 Å². The van der Waals surface area contributed by atoms with Crippen LogP contribution in [0.15, 0.2) is 85.1 Å². The van der Waals surface area contributed by atoms with Gasteiger partial charge in [0.15, 0.2) is 0 Å². The Bertz CT molecular complexity index is 1020. The second-order valence-corrected chi connectivity index (χ2v) is 5.91. The molecule has 1 aromatic heterocycles. The van der Waals surface area contributed by atoms with Gasteiger partial charge in [-0.1, -0.05) is 30.3 Å². The van der Waals surface area contributed by atoms with Crippen LogP contribution in [0.25, 0.3) is 28.1 Å². The van der Waals surface area contributed by atoms with Gasteiger partial charge in [0.25, 0.3) is 0 Å². The van der Waals surface area contributed by atoms with Gasteiger partial charge in [-0.05, 0) is 59.7 Å². The molecule has 0 bridgehead atoms. The van der Waals surface area contributed by atoms with E-state index in [1.54, 1.807) is 25.4 Å². The highest BCUT2D eigenvalue weighted by atomic mass is 19.1. The number of benzene rings is 3. The topological polar surface area (TPSA) is 27.1 Å². The molecule has 0 fully saturated rings. The summed E-state index contributed by atoms with van der Waals surface area (Å²) in [6.45, 7) is 0. The predicted molar refractivity (Wildman–Crippen MR) is 101 cm³/mol. The summed E-state index contributed by atoms with van der Waals surface area (Å²) in [5.41, 5.74) is 4.99. The molecular weight excluding hydrogens is 327 g/mol. The molecule has 3 nitrogen and oxygen atoms in total.